The summed E-state index contributed by atoms with van der Waals surface area (Å²) in [6.07, 6.45) is 0. The lowest BCUT2D eigenvalue weighted by Gasteiger charge is -2.10. The Kier molecular flexibility index (Phi) is 5.10. The minimum Gasteiger partial charge on any atom is -0.497 e. The molecule has 0 unspecified atom stereocenters. The molecule has 3 aromatic rings. The van der Waals surface area contributed by atoms with Crippen molar-refractivity contribution < 1.29 is 14.3 Å². The number of thiazole rings is 1. The highest BCUT2D eigenvalue weighted by Gasteiger charge is 2.09. The lowest BCUT2D eigenvalue weighted by molar-refractivity contribution is -0.120. The van der Waals surface area contributed by atoms with Gasteiger partial charge in [-0.15, -0.1) is 11.3 Å². The van der Waals surface area contributed by atoms with E-state index in [0.717, 1.165) is 15.9 Å². The molecule has 0 atom stereocenters. The first-order valence-electron chi connectivity index (χ1n) is 7.46. The summed E-state index contributed by atoms with van der Waals surface area (Å²) in [4.78, 5) is 28.1. The molecular weight excluding hydrogens is 340 g/mol. The number of carbonyl (C=O) groups is 2. The van der Waals surface area contributed by atoms with Crippen molar-refractivity contribution >= 4 is 39.1 Å². The third-order valence-corrected chi connectivity index (χ3v) is 4.22. The number of fused-ring (bicyclic) bond motifs is 1. The van der Waals surface area contributed by atoms with Gasteiger partial charge in [-0.1, -0.05) is 6.07 Å². The standard InChI is InChI=1S/C17H16N4O3S/c1-24-13-4-2-3-12(8-13)18-9-16(22)20-21-17(23)11-5-6-14-15(7-11)25-10-19-14/h2-8,10,18H,9H2,1H3,(H,20,22)(H,21,23). The van der Waals surface area contributed by atoms with Crippen LogP contribution in [-0.2, 0) is 4.79 Å². The number of rotatable bonds is 5. The number of nitrogens with zero attached hydrogens (tertiary/aromatic N) is 1. The largest absolute Gasteiger partial charge is 0.497 e. The number of carbonyl (C=O) groups excluding carboxylic acids is 2. The van der Waals surface area contributed by atoms with Crippen LogP contribution in [0.4, 0.5) is 5.69 Å². The summed E-state index contributed by atoms with van der Waals surface area (Å²) in [5.41, 5.74) is 8.54. The molecule has 1 aromatic heterocycles. The molecule has 128 valence electrons. The zero-order valence-electron chi connectivity index (χ0n) is 13.4. The Morgan fingerprint density at radius 3 is 2.88 bits per heavy atom. The van der Waals surface area contributed by atoms with Gasteiger partial charge in [-0.05, 0) is 30.3 Å². The first-order chi connectivity index (χ1) is 12.2. The van der Waals surface area contributed by atoms with Crippen LogP contribution < -0.4 is 20.9 Å². The van der Waals surface area contributed by atoms with Crippen LogP contribution in [0.5, 0.6) is 5.75 Å². The van der Waals surface area contributed by atoms with Crippen LogP contribution in [0.3, 0.4) is 0 Å². The number of aromatic nitrogens is 1. The second-order valence-corrected chi connectivity index (χ2v) is 6.01. The minimum atomic E-state index is -0.384. The van der Waals surface area contributed by atoms with Crippen molar-refractivity contribution in [2.24, 2.45) is 0 Å². The average molecular weight is 356 g/mol. The highest BCUT2D eigenvalue weighted by Crippen LogP contribution is 2.19. The fraction of sp³-hybridized carbons (Fsp3) is 0.118. The number of benzene rings is 2. The number of amides is 2. The zero-order chi connectivity index (χ0) is 17.6. The van der Waals surface area contributed by atoms with Crippen LogP contribution in [-0.4, -0.2) is 30.5 Å². The van der Waals surface area contributed by atoms with E-state index >= 15 is 0 Å². The molecule has 7 nitrogen and oxygen atoms in total. The van der Waals surface area contributed by atoms with Crippen molar-refractivity contribution in [1.82, 2.24) is 15.8 Å². The smallest absolute Gasteiger partial charge is 0.269 e. The van der Waals surface area contributed by atoms with Gasteiger partial charge >= 0.3 is 0 Å². The van der Waals surface area contributed by atoms with E-state index in [4.69, 9.17) is 4.74 Å². The Morgan fingerprint density at radius 1 is 1.16 bits per heavy atom. The van der Waals surface area contributed by atoms with E-state index in [0.29, 0.717) is 11.3 Å². The molecule has 3 rings (SSSR count). The maximum absolute atomic E-state index is 12.1. The van der Waals surface area contributed by atoms with Gasteiger partial charge in [-0.2, -0.15) is 0 Å². The molecule has 2 aromatic carbocycles. The topological polar surface area (TPSA) is 92.4 Å². The van der Waals surface area contributed by atoms with Gasteiger partial charge < -0.3 is 10.1 Å². The van der Waals surface area contributed by atoms with Crippen LogP contribution in [0.1, 0.15) is 10.4 Å². The van der Waals surface area contributed by atoms with Crippen molar-refractivity contribution in [3.63, 3.8) is 0 Å². The summed E-state index contributed by atoms with van der Waals surface area (Å²) in [5.74, 6) is -0.0581. The molecule has 0 bridgehead atoms. The highest BCUT2D eigenvalue weighted by atomic mass is 32.1. The second-order valence-electron chi connectivity index (χ2n) is 5.12. The van der Waals surface area contributed by atoms with Crippen LogP contribution in [0.25, 0.3) is 10.2 Å². The summed E-state index contributed by atoms with van der Waals surface area (Å²) in [5, 5.41) is 2.95. The maximum Gasteiger partial charge on any atom is 0.269 e. The third kappa shape index (κ3) is 4.24. The SMILES string of the molecule is COc1cccc(NCC(=O)NNC(=O)c2ccc3ncsc3c2)c1. The van der Waals surface area contributed by atoms with E-state index in [1.807, 2.05) is 18.2 Å². The van der Waals surface area contributed by atoms with E-state index in [1.54, 1.807) is 36.9 Å². The Balaban J connectivity index is 1.50. The predicted octanol–water partition coefficient (Wildman–Crippen LogP) is 2.18. The van der Waals surface area contributed by atoms with Gasteiger partial charge in [0.1, 0.15) is 5.75 Å². The Morgan fingerprint density at radius 2 is 2.04 bits per heavy atom. The molecular formula is C17H16N4O3S. The average Bonchev–Trinajstić information content (AvgIpc) is 3.12. The van der Waals surface area contributed by atoms with Crippen LogP contribution in [0, 0.1) is 0 Å². The monoisotopic (exact) mass is 356 g/mol. The molecule has 2 amide bonds. The fourth-order valence-corrected chi connectivity index (χ4v) is 2.87. The molecule has 0 saturated carbocycles. The van der Waals surface area contributed by atoms with Gasteiger partial charge in [0.15, 0.2) is 0 Å². The maximum atomic E-state index is 12.1. The molecule has 0 aliphatic heterocycles. The number of ether oxygens (including phenoxy) is 1. The summed E-state index contributed by atoms with van der Waals surface area (Å²) < 4.78 is 6.03. The minimum absolute atomic E-state index is 0.0152. The zero-order valence-corrected chi connectivity index (χ0v) is 14.2. The Labute approximate surface area is 148 Å². The van der Waals surface area contributed by atoms with Crippen LogP contribution in [0.15, 0.2) is 48.0 Å². The van der Waals surface area contributed by atoms with Crippen molar-refractivity contribution in [3.05, 3.63) is 53.5 Å². The van der Waals surface area contributed by atoms with E-state index in [1.165, 1.54) is 11.3 Å². The molecule has 0 spiro atoms. The fourth-order valence-electron chi connectivity index (χ4n) is 2.15. The number of hydrogen-bond acceptors (Lipinski definition) is 6. The van der Waals surface area contributed by atoms with Crippen molar-refractivity contribution in [1.29, 1.82) is 0 Å². The number of nitrogens with one attached hydrogen (secondary N) is 3. The molecule has 3 N–H and O–H groups in total. The summed E-state index contributed by atoms with van der Waals surface area (Å²) in [6.45, 7) is 0.0152. The molecule has 0 aliphatic carbocycles. The quantitative estimate of drug-likeness (QED) is 0.610. The summed E-state index contributed by atoms with van der Waals surface area (Å²) in [6, 6.07) is 12.4. The lowest BCUT2D eigenvalue weighted by atomic mass is 10.2. The molecule has 0 fully saturated rings. The van der Waals surface area contributed by atoms with Gasteiger partial charge in [0.25, 0.3) is 11.8 Å². The van der Waals surface area contributed by atoms with E-state index in [-0.39, 0.29) is 18.4 Å². The molecule has 8 heteroatoms. The predicted molar refractivity (Wildman–Crippen MR) is 96.7 cm³/mol. The summed E-state index contributed by atoms with van der Waals surface area (Å²) in [7, 11) is 1.57. The Bertz CT molecular complexity index is 910. The molecule has 0 radical (unpaired) electrons. The van der Waals surface area contributed by atoms with Crippen LogP contribution in [0.2, 0.25) is 0 Å². The van der Waals surface area contributed by atoms with Gasteiger partial charge in [0, 0.05) is 17.3 Å². The van der Waals surface area contributed by atoms with Crippen molar-refractivity contribution in [3.8, 4) is 5.75 Å². The second kappa shape index (κ2) is 7.63. The number of methoxy groups -OCH3 is 1. The molecule has 0 aliphatic rings. The van der Waals surface area contributed by atoms with Gasteiger partial charge in [0.2, 0.25) is 0 Å². The van der Waals surface area contributed by atoms with Gasteiger partial charge in [-0.3, -0.25) is 20.4 Å². The van der Waals surface area contributed by atoms with Gasteiger partial charge in [-0.25, -0.2) is 4.98 Å². The van der Waals surface area contributed by atoms with Crippen molar-refractivity contribution in [2.45, 2.75) is 0 Å². The van der Waals surface area contributed by atoms with E-state index in [2.05, 4.69) is 21.2 Å². The molecule has 1 heterocycles. The molecule has 25 heavy (non-hydrogen) atoms. The first-order valence-corrected chi connectivity index (χ1v) is 8.34. The Hall–Kier alpha value is -3.13. The lowest BCUT2D eigenvalue weighted by Crippen LogP contribution is -2.44. The number of hydrazine groups is 1. The van der Waals surface area contributed by atoms with E-state index in [9.17, 15) is 9.59 Å². The van der Waals surface area contributed by atoms with E-state index < -0.39 is 0 Å². The number of anilines is 1. The first kappa shape index (κ1) is 16.7. The number of hydrogen-bond donors (Lipinski definition) is 3. The summed E-state index contributed by atoms with van der Waals surface area (Å²) >= 11 is 1.45. The highest BCUT2D eigenvalue weighted by molar-refractivity contribution is 7.16. The molecule has 0 saturated heterocycles. The van der Waals surface area contributed by atoms with Crippen LogP contribution >= 0.6 is 11.3 Å². The normalized spacial score (nSPS) is 10.3. The van der Waals surface area contributed by atoms with Crippen molar-refractivity contribution in [2.75, 3.05) is 19.0 Å². The van der Waals surface area contributed by atoms with Gasteiger partial charge in [0.05, 0.1) is 29.4 Å². The third-order valence-electron chi connectivity index (χ3n) is 3.43.